The Morgan fingerprint density at radius 1 is 1.00 bits per heavy atom. The number of carbonyl (C=O) groups is 1. The van der Waals surface area contributed by atoms with Crippen LogP contribution < -0.4 is 10.2 Å². The van der Waals surface area contributed by atoms with Gasteiger partial charge in [-0.15, -0.1) is 0 Å². The highest BCUT2D eigenvalue weighted by Gasteiger charge is 2.21. The number of aromatic nitrogens is 3. The van der Waals surface area contributed by atoms with E-state index in [1.807, 2.05) is 47.4 Å². The number of nitrogens with zero attached hydrogens (tertiary/aromatic N) is 5. The maximum atomic E-state index is 12.6. The van der Waals surface area contributed by atoms with E-state index in [1.54, 1.807) is 6.20 Å². The lowest BCUT2D eigenvalue weighted by molar-refractivity contribution is -0.131. The van der Waals surface area contributed by atoms with Crippen LogP contribution in [0, 0.1) is 0 Å². The molecule has 3 aromatic heterocycles. The molecule has 1 aliphatic rings. The smallest absolute Gasteiger partial charge is 0.224 e. The molecule has 5 rings (SSSR count). The van der Waals surface area contributed by atoms with Gasteiger partial charge in [-0.25, -0.2) is 15.0 Å². The second-order valence-corrected chi connectivity index (χ2v) is 7.23. The van der Waals surface area contributed by atoms with E-state index < -0.39 is 0 Å². The summed E-state index contributed by atoms with van der Waals surface area (Å²) in [5.41, 5.74) is 2.17. The molecule has 4 aromatic rings. The molecular weight excluding hydrogens is 380 g/mol. The number of pyridine rings is 1. The molecule has 30 heavy (non-hydrogen) atoms. The van der Waals surface area contributed by atoms with Gasteiger partial charge in [-0.05, 0) is 24.3 Å². The lowest BCUT2D eigenvalue weighted by Gasteiger charge is -2.35. The Bertz CT molecular complexity index is 1170. The normalized spacial score (nSPS) is 14.4. The highest BCUT2D eigenvalue weighted by molar-refractivity contribution is 6.05. The molecule has 0 spiro atoms. The van der Waals surface area contributed by atoms with E-state index in [1.165, 1.54) is 6.33 Å². The molecule has 4 heterocycles. The third kappa shape index (κ3) is 3.52. The first-order valence-corrected chi connectivity index (χ1v) is 10.1. The predicted molar refractivity (Wildman–Crippen MR) is 115 cm³/mol. The molecule has 0 bridgehead atoms. The monoisotopic (exact) mass is 402 g/mol. The molecule has 1 N–H and O–H groups in total. The van der Waals surface area contributed by atoms with Gasteiger partial charge in [0.2, 0.25) is 5.91 Å². The maximum absolute atomic E-state index is 12.6. The van der Waals surface area contributed by atoms with Crippen molar-refractivity contribution in [2.75, 3.05) is 42.9 Å². The van der Waals surface area contributed by atoms with Crippen LogP contribution >= 0.6 is 0 Å². The van der Waals surface area contributed by atoms with E-state index in [0.717, 1.165) is 35.4 Å². The molecule has 1 fully saturated rings. The van der Waals surface area contributed by atoms with Gasteiger partial charge in [0.25, 0.3) is 0 Å². The summed E-state index contributed by atoms with van der Waals surface area (Å²) in [6.45, 7) is 3.49. The molecule has 0 aliphatic carbocycles. The number of amides is 1. The summed E-state index contributed by atoms with van der Waals surface area (Å²) >= 11 is 0. The number of hydrogen-bond donors (Lipinski definition) is 1. The SMILES string of the molecule is O=C(CCNc1ncnc2c1oc1ccccc12)N1CCN(c2ccccn2)CC1. The summed E-state index contributed by atoms with van der Waals surface area (Å²) in [6, 6.07) is 13.7. The number of fused-ring (bicyclic) bond motifs is 3. The number of benzene rings is 1. The summed E-state index contributed by atoms with van der Waals surface area (Å²) < 4.78 is 5.92. The van der Waals surface area contributed by atoms with E-state index in [4.69, 9.17) is 4.42 Å². The first kappa shape index (κ1) is 18.4. The quantitative estimate of drug-likeness (QED) is 0.549. The van der Waals surface area contributed by atoms with Gasteiger partial charge in [0.05, 0.1) is 0 Å². The van der Waals surface area contributed by atoms with Crippen LogP contribution in [0.25, 0.3) is 22.1 Å². The zero-order valence-electron chi connectivity index (χ0n) is 16.5. The highest BCUT2D eigenvalue weighted by atomic mass is 16.3. The molecular formula is C22H22N6O2. The van der Waals surface area contributed by atoms with E-state index in [9.17, 15) is 4.79 Å². The van der Waals surface area contributed by atoms with Gasteiger partial charge in [-0.2, -0.15) is 0 Å². The number of piperazine rings is 1. The van der Waals surface area contributed by atoms with Crippen molar-refractivity contribution < 1.29 is 9.21 Å². The first-order valence-electron chi connectivity index (χ1n) is 10.1. The summed E-state index contributed by atoms with van der Waals surface area (Å²) in [6.07, 6.45) is 3.71. The molecule has 0 atom stereocenters. The number of hydrogen-bond acceptors (Lipinski definition) is 7. The Labute approximate surface area is 173 Å². The summed E-state index contributed by atoms with van der Waals surface area (Å²) in [7, 11) is 0. The fourth-order valence-electron chi connectivity index (χ4n) is 3.82. The van der Waals surface area contributed by atoms with Gasteiger partial charge in [0, 0.05) is 50.7 Å². The van der Waals surface area contributed by atoms with Gasteiger partial charge >= 0.3 is 0 Å². The van der Waals surface area contributed by atoms with E-state index in [2.05, 4.69) is 25.2 Å². The van der Waals surface area contributed by atoms with Crippen molar-refractivity contribution in [3.05, 3.63) is 55.0 Å². The van der Waals surface area contributed by atoms with Crippen molar-refractivity contribution in [1.82, 2.24) is 19.9 Å². The topological polar surface area (TPSA) is 87.4 Å². The third-order valence-electron chi connectivity index (χ3n) is 5.39. The fraction of sp³-hybridized carbons (Fsp3) is 0.273. The zero-order valence-corrected chi connectivity index (χ0v) is 16.5. The van der Waals surface area contributed by atoms with Crippen LogP contribution in [0.2, 0.25) is 0 Å². The molecule has 1 aliphatic heterocycles. The average Bonchev–Trinajstić information content (AvgIpc) is 3.19. The zero-order chi connectivity index (χ0) is 20.3. The predicted octanol–water partition coefficient (Wildman–Crippen LogP) is 2.92. The Balaban J connectivity index is 1.18. The van der Waals surface area contributed by atoms with E-state index >= 15 is 0 Å². The second kappa shape index (κ2) is 7.98. The number of nitrogens with one attached hydrogen (secondary N) is 1. The molecule has 1 saturated heterocycles. The molecule has 1 amide bonds. The molecule has 8 nitrogen and oxygen atoms in total. The van der Waals surface area contributed by atoms with Crippen molar-refractivity contribution in [3.8, 4) is 0 Å². The lowest BCUT2D eigenvalue weighted by Crippen LogP contribution is -2.49. The van der Waals surface area contributed by atoms with Crippen LogP contribution in [0.4, 0.5) is 11.6 Å². The molecule has 0 radical (unpaired) electrons. The largest absolute Gasteiger partial charge is 0.450 e. The first-order chi connectivity index (χ1) is 14.8. The maximum Gasteiger partial charge on any atom is 0.224 e. The van der Waals surface area contributed by atoms with Crippen molar-refractivity contribution in [2.45, 2.75) is 6.42 Å². The minimum absolute atomic E-state index is 0.137. The summed E-state index contributed by atoms with van der Waals surface area (Å²) in [5.74, 6) is 1.71. The third-order valence-corrected chi connectivity index (χ3v) is 5.39. The molecule has 152 valence electrons. The molecule has 8 heteroatoms. The van der Waals surface area contributed by atoms with Crippen LogP contribution in [-0.4, -0.2) is 58.5 Å². The van der Waals surface area contributed by atoms with Crippen molar-refractivity contribution in [1.29, 1.82) is 0 Å². The van der Waals surface area contributed by atoms with E-state index in [-0.39, 0.29) is 5.91 Å². The number of rotatable bonds is 5. The second-order valence-electron chi connectivity index (χ2n) is 7.23. The van der Waals surface area contributed by atoms with Crippen molar-refractivity contribution >= 4 is 39.6 Å². The Morgan fingerprint density at radius 2 is 1.83 bits per heavy atom. The van der Waals surface area contributed by atoms with Crippen LogP contribution in [0.5, 0.6) is 0 Å². The Morgan fingerprint density at radius 3 is 2.67 bits per heavy atom. The molecule has 0 unspecified atom stereocenters. The molecule has 0 saturated carbocycles. The van der Waals surface area contributed by atoms with Crippen LogP contribution in [0.1, 0.15) is 6.42 Å². The van der Waals surface area contributed by atoms with Crippen LogP contribution in [0.15, 0.2) is 59.4 Å². The van der Waals surface area contributed by atoms with Gasteiger partial charge in [-0.3, -0.25) is 4.79 Å². The number of anilines is 2. The standard InChI is InChI=1S/C22H22N6O2/c29-19(28-13-11-27(12-14-28)18-7-3-4-9-23-18)8-10-24-22-21-20(25-15-26-22)16-5-1-2-6-17(16)30-21/h1-7,9,15H,8,10-14H2,(H,24,25,26). The Hall–Kier alpha value is -3.68. The number of furan rings is 1. The van der Waals surface area contributed by atoms with Gasteiger partial charge in [-0.1, -0.05) is 18.2 Å². The van der Waals surface area contributed by atoms with Crippen molar-refractivity contribution in [2.24, 2.45) is 0 Å². The highest BCUT2D eigenvalue weighted by Crippen LogP contribution is 2.30. The Kier molecular flexibility index (Phi) is 4.88. The summed E-state index contributed by atoms with van der Waals surface area (Å²) in [4.78, 5) is 29.8. The van der Waals surface area contributed by atoms with Crippen molar-refractivity contribution in [3.63, 3.8) is 0 Å². The average molecular weight is 402 g/mol. The van der Waals surface area contributed by atoms with Crippen LogP contribution in [0.3, 0.4) is 0 Å². The van der Waals surface area contributed by atoms with E-state index in [0.29, 0.717) is 37.5 Å². The van der Waals surface area contributed by atoms with Gasteiger partial charge in [0.1, 0.15) is 23.2 Å². The minimum Gasteiger partial charge on any atom is -0.450 e. The lowest BCUT2D eigenvalue weighted by atomic mass is 10.2. The number of para-hydroxylation sites is 1. The van der Waals surface area contributed by atoms with Crippen LogP contribution in [-0.2, 0) is 4.79 Å². The molecule has 1 aromatic carbocycles. The van der Waals surface area contributed by atoms with Gasteiger partial charge in [0.15, 0.2) is 11.4 Å². The minimum atomic E-state index is 0.137. The fourth-order valence-corrected chi connectivity index (χ4v) is 3.82. The van der Waals surface area contributed by atoms with Gasteiger partial charge < -0.3 is 19.5 Å². The number of carbonyl (C=O) groups excluding carboxylic acids is 1. The summed E-state index contributed by atoms with van der Waals surface area (Å²) in [5, 5.41) is 4.20.